The van der Waals surface area contributed by atoms with Crippen LogP contribution in [-0.2, 0) is 11.2 Å². The van der Waals surface area contributed by atoms with Gasteiger partial charge < -0.3 is 10.1 Å². The molecular formula is C15H23N3O2. The third kappa shape index (κ3) is 2.50. The van der Waals surface area contributed by atoms with Gasteiger partial charge in [-0.25, -0.2) is 4.79 Å². The second kappa shape index (κ2) is 5.79. The van der Waals surface area contributed by atoms with Crippen molar-refractivity contribution in [3.8, 4) is 0 Å². The smallest absolute Gasteiger partial charge is 0.414 e. The molecule has 0 radical (unpaired) electrons. The number of aromatic nitrogens is 1. The molecule has 0 saturated carbocycles. The number of nitrogens with zero attached hydrogens (tertiary/aromatic N) is 2. The maximum atomic E-state index is 12.1. The van der Waals surface area contributed by atoms with Crippen molar-refractivity contribution in [1.82, 2.24) is 10.3 Å². The molecule has 5 nitrogen and oxygen atoms in total. The first-order valence-corrected chi connectivity index (χ1v) is 7.09. The summed E-state index contributed by atoms with van der Waals surface area (Å²) in [5.41, 5.74) is 5.19. The van der Waals surface area contributed by atoms with Crippen molar-refractivity contribution in [3.63, 3.8) is 0 Å². The van der Waals surface area contributed by atoms with Crippen LogP contribution < -0.4 is 10.2 Å². The molecule has 110 valence electrons. The van der Waals surface area contributed by atoms with Gasteiger partial charge >= 0.3 is 6.09 Å². The van der Waals surface area contributed by atoms with Gasteiger partial charge in [0.25, 0.3) is 0 Å². The number of cyclic esters (lactones) is 1. The van der Waals surface area contributed by atoms with E-state index in [2.05, 4.69) is 31.1 Å². The average molecular weight is 277 g/mol. The first-order valence-electron chi connectivity index (χ1n) is 7.09. The van der Waals surface area contributed by atoms with Crippen molar-refractivity contribution < 1.29 is 9.53 Å². The average Bonchev–Trinajstić information content (AvgIpc) is 2.75. The Balaban J connectivity index is 2.38. The van der Waals surface area contributed by atoms with Crippen molar-refractivity contribution in [2.24, 2.45) is 0 Å². The van der Waals surface area contributed by atoms with Crippen LogP contribution in [0.2, 0.25) is 0 Å². The van der Waals surface area contributed by atoms with Gasteiger partial charge in [-0.15, -0.1) is 0 Å². The SMILES string of the molecule is CCc1nc(C)c(N2C[C@H](CNC)OC2=O)c(C)c1C. The fraction of sp³-hybridized carbons (Fsp3) is 0.600. The molecule has 1 atom stereocenters. The summed E-state index contributed by atoms with van der Waals surface area (Å²) in [6.07, 6.45) is 0.528. The Morgan fingerprint density at radius 1 is 1.35 bits per heavy atom. The quantitative estimate of drug-likeness (QED) is 0.916. The highest BCUT2D eigenvalue weighted by molar-refractivity contribution is 5.91. The largest absolute Gasteiger partial charge is 0.443 e. The number of aryl methyl sites for hydroxylation is 2. The lowest BCUT2D eigenvalue weighted by Crippen LogP contribution is -2.30. The number of hydrogen-bond donors (Lipinski definition) is 1. The third-order valence-corrected chi connectivity index (χ3v) is 3.91. The van der Waals surface area contributed by atoms with E-state index < -0.39 is 0 Å². The summed E-state index contributed by atoms with van der Waals surface area (Å²) in [5, 5.41) is 3.04. The minimum atomic E-state index is -0.276. The maximum absolute atomic E-state index is 12.1. The van der Waals surface area contributed by atoms with E-state index >= 15 is 0 Å². The predicted molar refractivity (Wildman–Crippen MR) is 79.4 cm³/mol. The van der Waals surface area contributed by atoms with Gasteiger partial charge in [-0.2, -0.15) is 0 Å². The Hall–Kier alpha value is -1.62. The van der Waals surface area contributed by atoms with Crippen molar-refractivity contribution >= 4 is 11.8 Å². The molecule has 0 aromatic carbocycles. The summed E-state index contributed by atoms with van der Waals surface area (Å²) < 4.78 is 5.37. The molecule has 1 aromatic heterocycles. The summed E-state index contributed by atoms with van der Waals surface area (Å²) >= 11 is 0. The summed E-state index contributed by atoms with van der Waals surface area (Å²) in [6.45, 7) is 9.42. The van der Waals surface area contributed by atoms with Gasteiger partial charge in [0.05, 0.1) is 17.9 Å². The molecule has 2 rings (SSSR count). The lowest BCUT2D eigenvalue weighted by Gasteiger charge is -2.21. The van der Waals surface area contributed by atoms with Crippen LogP contribution in [0.5, 0.6) is 0 Å². The van der Waals surface area contributed by atoms with E-state index in [1.807, 2.05) is 14.0 Å². The first-order chi connectivity index (χ1) is 9.49. The Labute approximate surface area is 120 Å². The Morgan fingerprint density at radius 2 is 2.05 bits per heavy atom. The van der Waals surface area contributed by atoms with Crippen LogP contribution >= 0.6 is 0 Å². The number of carbonyl (C=O) groups is 1. The summed E-state index contributed by atoms with van der Waals surface area (Å²) in [5.74, 6) is 0. The Kier molecular flexibility index (Phi) is 4.28. The van der Waals surface area contributed by atoms with Crippen LogP contribution in [0.15, 0.2) is 0 Å². The molecule has 1 saturated heterocycles. The number of rotatable bonds is 4. The van der Waals surface area contributed by atoms with E-state index in [-0.39, 0.29) is 12.2 Å². The van der Waals surface area contributed by atoms with Crippen LogP contribution in [0.4, 0.5) is 10.5 Å². The molecule has 1 aliphatic heterocycles. The van der Waals surface area contributed by atoms with Crippen molar-refractivity contribution in [2.75, 3.05) is 25.0 Å². The number of ether oxygens (including phenoxy) is 1. The topological polar surface area (TPSA) is 54.5 Å². The number of likely N-dealkylation sites (N-methyl/N-ethyl adjacent to an activating group) is 1. The molecule has 0 unspecified atom stereocenters. The predicted octanol–water partition coefficient (Wildman–Crippen LogP) is 2.11. The molecule has 2 heterocycles. The number of carbonyl (C=O) groups excluding carboxylic acids is 1. The molecule has 0 bridgehead atoms. The Bertz CT molecular complexity index is 528. The third-order valence-electron chi connectivity index (χ3n) is 3.91. The molecule has 1 fully saturated rings. The molecule has 0 spiro atoms. The van der Waals surface area contributed by atoms with Crippen molar-refractivity contribution in [3.05, 3.63) is 22.5 Å². The Morgan fingerprint density at radius 3 is 2.65 bits per heavy atom. The lowest BCUT2D eigenvalue weighted by atomic mass is 10.0. The molecule has 1 amide bonds. The number of amides is 1. The highest BCUT2D eigenvalue weighted by atomic mass is 16.6. The first kappa shape index (κ1) is 14.8. The molecule has 20 heavy (non-hydrogen) atoms. The molecule has 1 aromatic rings. The van der Waals surface area contributed by atoms with Gasteiger partial charge in [0.1, 0.15) is 6.10 Å². The van der Waals surface area contributed by atoms with Crippen LogP contribution in [0.1, 0.15) is 29.4 Å². The van der Waals surface area contributed by atoms with E-state index in [1.165, 1.54) is 0 Å². The van der Waals surface area contributed by atoms with Gasteiger partial charge in [-0.3, -0.25) is 9.88 Å². The second-order valence-corrected chi connectivity index (χ2v) is 5.27. The highest BCUT2D eigenvalue weighted by Crippen LogP contribution is 2.31. The van der Waals surface area contributed by atoms with E-state index in [0.717, 1.165) is 34.6 Å². The van der Waals surface area contributed by atoms with Crippen LogP contribution in [0.25, 0.3) is 0 Å². The molecule has 5 heteroatoms. The van der Waals surface area contributed by atoms with Gasteiger partial charge in [0, 0.05) is 12.2 Å². The summed E-state index contributed by atoms with van der Waals surface area (Å²) in [7, 11) is 1.86. The fourth-order valence-electron chi connectivity index (χ4n) is 2.78. The van der Waals surface area contributed by atoms with Gasteiger partial charge in [0.2, 0.25) is 0 Å². The van der Waals surface area contributed by atoms with Crippen molar-refractivity contribution in [1.29, 1.82) is 0 Å². The number of anilines is 1. The monoisotopic (exact) mass is 277 g/mol. The fourth-order valence-corrected chi connectivity index (χ4v) is 2.78. The van der Waals surface area contributed by atoms with Crippen molar-refractivity contribution in [2.45, 2.75) is 40.2 Å². The van der Waals surface area contributed by atoms with E-state index in [1.54, 1.807) is 4.90 Å². The van der Waals surface area contributed by atoms with Crippen LogP contribution in [0, 0.1) is 20.8 Å². The van der Waals surface area contributed by atoms with E-state index in [0.29, 0.717) is 13.1 Å². The van der Waals surface area contributed by atoms with E-state index in [4.69, 9.17) is 4.74 Å². The number of pyridine rings is 1. The maximum Gasteiger partial charge on any atom is 0.414 e. The van der Waals surface area contributed by atoms with E-state index in [9.17, 15) is 4.79 Å². The van der Waals surface area contributed by atoms with Gasteiger partial charge in [-0.05, 0) is 45.4 Å². The van der Waals surface area contributed by atoms with Crippen LogP contribution in [0.3, 0.4) is 0 Å². The molecule has 0 aliphatic carbocycles. The molecule has 1 N–H and O–H groups in total. The normalized spacial score (nSPS) is 18.6. The number of nitrogens with one attached hydrogen (secondary N) is 1. The summed E-state index contributed by atoms with van der Waals surface area (Å²) in [6, 6.07) is 0. The zero-order valence-electron chi connectivity index (χ0n) is 12.9. The highest BCUT2D eigenvalue weighted by Gasteiger charge is 2.34. The molecule has 1 aliphatic rings. The van der Waals surface area contributed by atoms with Crippen LogP contribution in [-0.4, -0.2) is 37.3 Å². The molecular weight excluding hydrogens is 254 g/mol. The van der Waals surface area contributed by atoms with Gasteiger partial charge in [-0.1, -0.05) is 6.92 Å². The zero-order chi connectivity index (χ0) is 14.9. The second-order valence-electron chi connectivity index (χ2n) is 5.27. The minimum Gasteiger partial charge on any atom is -0.443 e. The number of hydrogen-bond acceptors (Lipinski definition) is 4. The minimum absolute atomic E-state index is 0.0996. The standard InChI is InChI=1S/C15H23N3O2/c1-6-13-9(2)10(3)14(11(4)17-13)18-8-12(7-16-5)20-15(18)19/h12,16H,6-8H2,1-5H3/t12-/m0/s1. The lowest BCUT2D eigenvalue weighted by molar-refractivity contribution is 0.141. The summed E-state index contributed by atoms with van der Waals surface area (Å²) in [4.78, 5) is 18.4. The van der Waals surface area contributed by atoms with Gasteiger partial charge in [0.15, 0.2) is 0 Å². The zero-order valence-corrected chi connectivity index (χ0v) is 12.9.